The molecule has 4 atom stereocenters. The Morgan fingerprint density at radius 3 is 2.37 bits per heavy atom. The van der Waals surface area contributed by atoms with Crippen LogP contribution in [0.5, 0.6) is 5.75 Å². The van der Waals surface area contributed by atoms with Crippen LogP contribution in [0.1, 0.15) is 89.5 Å². The van der Waals surface area contributed by atoms with Crippen molar-refractivity contribution in [1.82, 2.24) is 24.9 Å². The summed E-state index contributed by atoms with van der Waals surface area (Å²) in [5, 5.41) is 8.37. The van der Waals surface area contributed by atoms with Gasteiger partial charge in [0.05, 0.1) is 34.8 Å². The van der Waals surface area contributed by atoms with Crippen LogP contribution in [0.2, 0.25) is 0 Å². The number of nitrogens with one attached hydrogen (secondary N) is 4. The normalized spacial score (nSPS) is 20.4. The maximum absolute atomic E-state index is 13.8. The summed E-state index contributed by atoms with van der Waals surface area (Å²) in [7, 11) is -2.23. The number of H-pyrrole nitrogens is 1. The SMILES string of the molecule is C=CC1C[C@]1(NC(=O)C1CCCN1C(=O)[C@@H](Nc1ccc(F)c(C(F)(F)F)c1)C(C)(C)C)C(=O)NS(=O)(=O)C1CC1.COc1ccc2c(=O)cc(-c3nc(C(C)C)cs3)[nH]c2c1C. The fourth-order valence-corrected chi connectivity index (χ4v) is 9.90. The van der Waals surface area contributed by atoms with Crippen LogP contribution in [-0.2, 0) is 30.6 Å². The average molecular weight is 917 g/mol. The lowest BCUT2D eigenvalue weighted by Crippen LogP contribution is -2.58. The average Bonchev–Trinajstić information content (AvgIpc) is 4.07. The van der Waals surface area contributed by atoms with E-state index in [1.807, 2.05) is 18.4 Å². The molecule has 0 spiro atoms. The second-order valence-electron chi connectivity index (χ2n) is 17.6. The number of halogens is 4. The molecule has 1 saturated heterocycles. The third kappa shape index (κ3) is 10.1. The van der Waals surface area contributed by atoms with E-state index in [0.29, 0.717) is 42.7 Å². The molecule has 3 amide bonds. The number of nitrogens with zero attached hydrogens (tertiary/aromatic N) is 2. The number of carbonyl (C=O) groups excluding carboxylic acids is 3. The Morgan fingerprint density at radius 2 is 1.79 bits per heavy atom. The summed E-state index contributed by atoms with van der Waals surface area (Å²) in [5.74, 6) is -2.87. The number of thiazole rings is 1. The van der Waals surface area contributed by atoms with E-state index in [1.165, 1.54) is 11.0 Å². The minimum Gasteiger partial charge on any atom is -0.496 e. The number of carbonyl (C=O) groups is 3. The predicted octanol–water partition coefficient (Wildman–Crippen LogP) is 7.42. The Kier molecular flexibility index (Phi) is 13.3. The number of sulfonamides is 1. The molecule has 63 heavy (non-hydrogen) atoms. The zero-order valence-electron chi connectivity index (χ0n) is 36.0. The molecule has 340 valence electrons. The number of rotatable bonds is 12. The standard InChI is InChI=1S/C27H34F4N4O5S.C17H18N2O2S/c1-5-15-14-26(15,24(38)34-41(39,40)17-9-10-17)33-22(36)20-7-6-12-35(20)23(37)21(25(2,3)4)32-16-8-11-19(28)18(13-16)27(29,30)31;1-9(2)13-8-22-17(19-13)12-7-14(20)11-5-6-15(21-4)10(3)16(11)18-12/h5,8,11,13,15,17,20-21,32H,1,6-7,9-10,12,14H2,2-4H3,(H,33,36)(H,34,38);5-9H,1-4H3,(H,18,20)/t15?,20?,21-,26-;/m1./s1. The molecule has 19 heteroatoms. The molecule has 7 rings (SSSR count). The highest BCUT2D eigenvalue weighted by Crippen LogP contribution is 2.45. The molecule has 2 saturated carbocycles. The molecular formula is C44H52F4N6O7S2. The Morgan fingerprint density at radius 1 is 1.10 bits per heavy atom. The van der Waals surface area contributed by atoms with E-state index in [1.54, 1.807) is 51.4 Å². The lowest BCUT2D eigenvalue weighted by molar-refractivity contribution is -0.141. The van der Waals surface area contributed by atoms with Crippen LogP contribution in [0.3, 0.4) is 0 Å². The molecule has 2 aromatic carbocycles. The molecule has 3 aliphatic rings. The van der Waals surface area contributed by atoms with Gasteiger partial charge in [-0.2, -0.15) is 13.2 Å². The van der Waals surface area contributed by atoms with Crippen LogP contribution in [0.4, 0.5) is 23.2 Å². The molecule has 2 unspecified atom stereocenters. The van der Waals surface area contributed by atoms with E-state index in [2.05, 4.69) is 45.8 Å². The van der Waals surface area contributed by atoms with Crippen molar-refractivity contribution >= 4 is 55.7 Å². The van der Waals surface area contributed by atoms with Crippen LogP contribution >= 0.6 is 11.3 Å². The van der Waals surface area contributed by atoms with E-state index in [-0.39, 0.29) is 30.5 Å². The predicted molar refractivity (Wildman–Crippen MR) is 233 cm³/mol. The van der Waals surface area contributed by atoms with Gasteiger partial charge in [0.2, 0.25) is 21.8 Å². The summed E-state index contributed by atoms with van der Waals surface area (Å²) in [5.41, 5.74) is -0.411. The van der Waals surface area contributed by atoms with Crippen LogP contribution in [0.25, 0.3) is 21.6 Å². The number of amides is 3. The molecule has 0 bridgehead atoms. The quantitative estimate of drug-likeness (QED) is 0.0831. The number of aromatic amines is 1. The number of ether oxygens (including phenoxy) is 1. The number of likely N-dealkylation sites (tertiary alicyclic amines) is 1. The van der Waals surface area contributed by atoms with Gasteiger partial charge in [0.25, 0.3) is 5.91 Å². The number of hydrogen-bond acceptors (Lipinski definition) is 10. The van der Waals surface area contributed by atoms with Crippen molar-refractivity contribution in [2.75, 3.05) is 19.0 Å². The highest BCUT2D eigenvalue weighted by atomic mass is 32.2. The number of aromatic nitrogens is 2. The maximum Gasteiger partial charge on any atom is 0.419 e. The first-order valence-corrected chi connectivity index (χ1v) is 22.9. The van der Waals surface area contributed by atoms with Gasteiger partial charge in [-0.3, -0.25) is 23.9 Å². The third-order valence-corrected chi connectivity index (χ3v) is 14.3. The second kappa shape index (κ2) is 17.7. The summed E-state index contributed by atoms with van der Waals surface area (Å²) < 4.78 is 85.8. The van der Waals surface area contributed by atoms with E-state index in [9.17, 15) is 45.2 Å². The first kappa shape index (κ1) is 47.2. The highest BCUT2D eigenvalue weighted by Gasteiger charge is 2.61. The number of fused-ring (bicyclic) bond motifs is 1. The van der Waals surface area contributed by atoms with Crippen molar-refractivity contribution < 1.29 is 45.1 Å². The zero-order chi connectivity index (χ0) is 46.4. The molecular weight excluding hydrogens is 865 g/mol. The molecule has 3 heterocycles. The van der Waals surface area contributed by atoms with Gasteiger partial charge in [-0.05, 0) is 80.7 Å². The fraction of sp³-hybridized carbons (Fsp3) is 0.477. The van der Waals surface area contributed by atoms with E-state index < -0.39 is 79.5 Å². The first-order valence-electron chi connectivity index (χ1n) is 20.5. The molecule has 4 N–H and O–H groups in total. The van der Waals surface area contributed by atoms with Crippen molar-refractivity contribution in [2.45, 2.75) is 109 Å². The van der Waals surface area contributed by atoms with Gasteiger partial charge in [0, 0.05) is 40.5 Å². The van der Waals surface area contributed by atoms with Crippen LogP contribution in [0.15, 0.2) is 59.2 Å². The van der Waals surface area contributed by atoms with Crippen molar-refractivity contribution in [3.63, 3.8) is 0 Å². The number of hydrogen-bond donors (Lipinski definition) is 4. The minimum absolute atomic E-state index is 0.00389. The topological polar surface area (TPSA) is 180 Å². The lowest BCUT2D eigenvalue weighted by Gasteiger charge is -2.36. The Hall–Kier alpha value is -5.30. The molecule has 0 radical (unpaired) electrons. The van der Waals surface area contributed by atoms with E-state index in [4.69, 9.17) is 4.74 Å². The molecule has 4 aromatic rings. The van der Waals surface area contributed by atoms with Crippen LogP contribution < -0.4 is 25.5 Å². The number of pyridine rings is 1. The summed E-state index contributed by atoms with van der Waals surface area (Å²) in [6, 6.07) is 5.52. The monoisotopic (exact) mass is 916 g/mol. The van der Waals surface area contributed by atoms with Crippen LogP contribution in [-0.4, -0.2) is 77.5 Å². The van der Waals surface area contributed by atoms with Crippen LogP contribution in [0, 0.1) is 24.1 Å². The van der Waals surface area contributed by atoms with Gasteiger partial charge in [-0.1, -0.05) is 40.7 Å². The number of anilines is 1. The second-order valence-corrected chi connectivity index (χ2v) is 20.4. The Bertz CT molecular complexity index is 2600. The molecule has 13 nitrogen and oxygen atoms in total. The maximum atomic E-state index is 13.8. The van der Waals surface area contributed by atoms with E-state index in [0.717, 1.165) is 39.3 Å². The van der Waals surface area contributed by atoms with Crippen molar-refractivity contribution in [1.29, 1.82) is 0 Å². The lowest BCUT2D eigenvalue weighted by atomic mass is 9.85. The largest absolute Gasteiger partial charge is 0.496 e. The molecule has 2 aromatic heterocycles. The van der Waals surface area contributed by atoms with E-state index >= 15 is 0 Å². The Labute approximate surface area is 367 Å². The first-order chi connectivity index (χ1) is 29.4. The number of aryl methyl sites for hydroxylation is 1. The number of methoxy groups -OCH3 is 1. The number of benzene rings is 2. The van der Waals surface area contributed by atoms with Gasteiger partial charge in [0.1, 0.15) is 34.2 Å². The van der Waals surface area contributed by atoms with Gasteiger partial charge in [0.15, 0.2) is 5.43 Å². The fourth-order valence-electron chi connectivity index (χ4n) is 7.59. The highest BCUT2D eigenvalue weighted by molar-refractivity contribution is 7.91. The summed E-state index contributed by atoms with van der Waals surface area (Å²) in [6.45, 7) is 15.1. The van der Waals surface area contributed by atoms with Gasteiger partial charge in [-0.15, -0.1) is 17.9 Å². The number of alkyl halides is 3. The van der Waals surface area contributed by atoms with Crippen molar-refractivity contribution in [2.24, 2.45) is 11.3 Å². The van der Waals surface area contributed by atoms with Gasteiger partial charge in [-0.25, -0.2) is 17.8 Å². The minimum atomic E-state index is -4.94. The van der Waals surface area contributed by atoms with Gasteiger partial charge < -0.3 is 25.3 Å². The Balaban J connectivity index is 0.000000251. The summed E-state index contributed by atoms with van der Waals surface area (Å²) in [4.78, 5) is 61.9. The smallest absolute Gasteiger partial charge is 0.419 e. The molecule has 2 aliphatic carbocycles. The molecule has 3 fully saturated rings. The third-order valence-electron chi connectivity index (χ3n) is 11.6. The zero-order valence-corrected chi connectivity index (χ0v) is 37.7. The summed E-state index contributed by atoms with van der Waals surface area (Å²) >= 11 is 1.55. The van der Waals surface area contributed by atoms with Crippen molar-refractivity contribution in [3.8, 4) is 16.5 Å². The van der Waals surface area contributed by atoms with Gasteiger partial charge >= 0.3 is 6.18 Å². The summed E-state index contributed by atoms with van der Waals surface area (Å²) in [6.07, 6.45) is -1.72. The van der Waals surface area contributed by atoms with Crippen molar-refractivity contribution in [3.05, 3.63) is 87.3 Å². The molecule has 1 aliphatic heterocycles.